The van der Waals surface area contributed by atoms with E-state index in [0.29, 0.717) is 17.5 Å². The van der Waals surface area contributed by atoms with Gasteiger partial charge in [-0.25, -0.2) is 12.8 Å². The first-order chi connectivity index (χ1) is 18.5. The van der Waals surface area contributed by atoms with E-state index in [2.05, 4.69) is 9.88 Å². The predicted octanol–water partition coefficient (Wildman–Crippen LogP) is 4.78. The molecule has 2 fully saturated rings. The van der Waals surface area contributed by atoms with Crippen molar-refractivity contribution in [3.63, 3.8) is 0 Å². The number of nitrogens with zero attached hydrogens (tertiary/aromatic N) is 4. The maximum absolute atomic E-state index is 14.3. The van der Waals surface area contributed by atoms with Crippen LogP contribution in [0.5, 0.6) is 0 Å². The summed E-state index contributed by atoms with van der Waals surface area (Å²) in [6.45, 7) is 11.8. The molecule has 1 aromatic carbocycles. The minimum Gasteiger partial charge on any atom is -0.343 e. The average molecular weight is 555 g/mol. The molecule has 1 unspecified atom stereocenters. The van der Waals surface area contributed by atoms with Crippen LogP contribution in [0.4, 0.5) is 4.39 Å². The van der Waals surface area contributed by atoms with Gasteiger partial charge in [-0.1, -0.05) is 0 Å². The lowest BCUT2D eigenvalue weighted by Gasteiger charge is -2.33. The number of likely N-dealkylation sites (tertiary alicyclic amines) is 2. The van der Waals surface area contributed by atoms with E-state index in [-0.39, 0.29) is 10.8 Å². The van der Waals surface area contributed by atoms with Gasteiger partial charge in [-0.3, -0.25) is 9.78 Å². The van der Waals surface area contributed by atoms with Gasteiger partial charge in [-0.2, -0.15) is 0 Å². The van der Waals surface area contributed by atoms with Crippen molar-refractivity contribution in [1.82, 2.24) is 19.4 Å². The van der Waals surface area contributed by atoms with E-state index < -0.39 is 20.9 Å². The van der Waals surface area contributed by atoms with E-state index >= 15 is 0 Å². The largest absolute Gasteiger partial charge is 0.343 e. The molecule has 5 rings (SSSR count). The highest BCUT2D eigenvalue weighted by molar-refractivity contribution is 7.92. The summed E-state index contributed by atoms with van der Waals surface area (Å²) >= 11 is 0. The first kappa shape index (κ1) is 27.8. The fourth-order valence-corrected chi connectivity index (χ4v) is 7.56. The molecule has 0 bridgehead atoms. The second-order valence-electron chi connectivity index (χ2n) is 11.6. The number of amides is 1. The number of hydrogen-bond acceptors (Lipinski definition) is 5. The van der Waals surface area contributed by atoms with Gasteiger partial charge in [0.15, 0.2) is 9.84 Å². The third kappa shape index (κ3) is 5.61. The SMILES string of the molecule is CC(=O)N1CCC(CN2CCC(Cc3cn(-c4ccc(F)cc4S(=O)(=O)C(C)C)c4cncc(C)c34)C2)CC1. The summed E-state index contributed by atoms with van der Waals surface area (Å²) in [7, 11) is -3.71. The van der Waals surface area contributed by atoms with Crippen molar-refractivity contribution >= 4 is 26.6 Å². The molecule has 9 heteroatoms. The van der Waals surface area contributed by atoms with E-state index in [1.807, 2.05) is 28.8 Å². The Labute approximate surface area is 230 Å². The zero-order chi connectivity index (χ0) is 27.9. The van der Waals surface area contributed by atoms with Crippen molar-refractivity contribution in [2.75, 3.05) is 32.7 Å². The Bertz CT molecular complexity index is 1470. The summed E-state index contributed by atoms with van der Waals surface area (Å²) in [5, 5.41) is 0.427. The van der Waals surface area contributed by atoms with E-state index in [0.717, 1.165) is 80.9 Å². The Morgan fingerprint density at radius 3 is 2.51 bits per heavy atom. The first-order valence-corrected chi connectivity index (χ1v) is 15.6. The minimum atomic E-state index is -3.71. The van der Waals surface area contributed by atoms with Crippen molar-refractivity contribution in [3.05, 3.63) is 53.7 Å². The highest BCUT2D eigenvalue weighted by Gasteiger charge is 2.29. The molecule has 1 atom stereocenters. The highest BCUT2D eigenvalue weighted by Crippen LogP contribution is 2.34. The van der Waals surface area contributed by atoms with Gasteiger partial charge in [0, 0.05) is 50.9 Å². The molecular weight excluding hydrogens is 515 g/mol. The minimum absolute atomic E-state index is 0.00492. The molecule has 39 heavy (non-hydrogen) atoms. The lowest BCUT2D eigenvalue weighted by molar-refractivity contribution is -0.130. The molecule has 1 amide bonds. The van der Waals surface area contributed by atoms with Crippen LogP contribution in [0.1, 0.15) is 51.2 Å². The quantitative estimate of drug-likeness (QED) is 0.420. The molecule has 0 saturated carbocycles. The van der Waals surface area contributed by atoms with E-state index in [4.69, 9.17) is 0 Å². The summed E-state index contributed by atoms with van der Waals surface area (Å²) in [6.07, 6.45) is 9.80. The lowest BCUT2D eigenvalue weighted by atomic mass is 9.96. The fourth-order valence-electron chi connectivity index (χ4n) is 6.32. The Balaban J connectivity index is 1.39. The molecule has 2 saturated heterocycles. The molecular formula is C30H39FN4O3S. The number of piperidine rings is 1. The zero-order valence-corrected chi connectivity index (χ0v) is 24.2. The third-order valence-corrected chi connectivity index (χ3v) is 10.7. The normalized spacial score (nSPS) is 19.4. The van der Waals surface area contributed by atoms with Crippen LogP contribution in [0.15, 0.2) is 41.7 Å². The summed E-state index contributed by atoms with van der Waals surface area (Å²) in [5.74, 6) is 0.742. The molecule has 210 valence electrons. The maximum Gasteiger partial charge on any atom is 0.219 e. The number of aromatic nitrogens is 2. The monoisotopic (exact) mass is 554 g/mol. The van der Waals surface area contributed by atoms with E-state index in [1.165, 1.54) is 11.6 Å². The van der Waals surface area contributed by atoms with Crippen molar-refractivity contribution in [1.29, 1.82) is 0 Å². The zero-order valence-electron chi connectivity index (χ0n) is 23.4. The van der Waals surface area contributed by atoms with Crippen LogP contribution in [-0.4, -0.2) is 71.6 Å². The van der Waals surface area contributed by atoms with Crippen molar-refractivity contribution in [3.8, 4) is 5.69 Å². The molecule has 7 nitrogen and oxygen atoms in total. The number of carbonyl (C=O) groups excluding carboxylic acids is 1. The van der Waals surface area contributed by atoms with Gasteiger partial charge in [0.1, 0.15) is 5.82 Å². The molecule has 4 heterocycles. The van der Waals surface area contributed by atoms with Gasteiger partial charge >= 0.3 is 0 Å². The molecule has 2 aliphatic rings. The van der Waals surface area contributed by atoms with Crippen LogP contribution in [0.2, 0.25) is 0 Å². The molecule has 0 radical (unpaired) electrons. The number of pyridine rings is 1. The summed E-state index contributed by atoms with van der Waals surface area (Å²) in [4.78, 5) is 20.6. The molecule has 2 aliphatic heterocycles. The van der Waals surface area contributed by atoms with Crippen LogP contribution in [0.25, 0.3) is 16.6 Å². The number of hydrogen-bond donors (Lipinski definition) is 0. The van der Waals surface area contributed by atoms with Crippen LogP contribution >= 0.6 is 0 Å². The molecule has 3 aromatic rings. The van der Waals surface area contributed by atoms with E-state index in [9.17, 15) is 17.6 Å². The van der Waals surface area contributed by atoms with Crippen molar-refractivity contribution in [2.24, 2.45) is 11.8 Å². The number of halogens is 1. The second kappa shape index (κ2) is 11.0. The number of benzene rings is 1. The molecule has 2 aromatic heterocycles. The van der Waals surface area contributed by atoms with Gasteiger partial charge in [0.05, 0.1) is 27.5 Å². The standard InChI is InChI=1S/C30H39FN4O3S/c1-20(2)39(37,38)29-14-26(31)5-6-27(29)35-19-25(30-21(3)15-32-16-28(30)35)13-24-7-10-33(18-24)17-23-8-11-34(12-9-23)22(4)36/h5-6,14-16,19-20,23-24H,7-13,17-18H2,1-4H3. The Hall–Kier alpha value is -2.78. The molecule has 0 spiro atoms. The number of rotatable bonds is 7. The second-order valence-corrected chi connectivity index (χ2v) is 14.1. The van der Waals surface area contributed by atoms with E-state index in [1.54, 1.807) is 33.0 Å². The topological polar surface area (TPSA) is 75.5 Å². The Kier molecular flexibility index (Phi) is 7.84. The van der Waals surface area contributed by atoms with Crippen molar-refractivity contribution in [2.45, 2.75) is 63.5 Å². The van der Waals surface area contributed by atoms with Gasteiger partial charge in [-0.15, -0.1) is 0 Å². The lowest BCUT2D eigenvalue weighted by Crippen LogP contribution is -2.40. The van der Waals surface area contributed by atoms with Crippen LogP contribution < -0.4 is 0 Å². The van der Waals surface area contributed by atoms with Crippen molar-refractivity contribution < 1.29 is 17.6 Å². The molecule has 0 aliphatic carbocycles. The average Bonchev–Trinajstić information content (AvgIpc) is 3.49. The number of aryl methyl sites for hydroxylation is 1. The van der Waals surface area contributed by atoms with Gasteiger partial charge < -0.3 is 14.4 Å². The number of sulfone groups is 1. The van der Waals surface area contributed by atoms with Gasteiger partial charge in [-0.05, 0) is 94.2 Å². The Morgan fingerprint density at radius 1 is 1.10 bits per heavy atom. The summed E-state index contributed by atoms with van der Waals surface area (Å²) in [5.41, 5.74) is 3.51. The predicted molar refractivity (Wildman–Crippen MR) is 151 cm³/mol. The summed E-state index contributed by atoms with van der Waals surface area (Å²) in [6, 6.07) is 4.01. The number of fused-ring (bicyclic) bond motifs is 1. The number of carbonyl (C=O) groups is 1. The third-order valence-electron chi connectivity index (χ3n) is 8.54. The van der Waals surface area contributed by atoms with Gasteiger partial charge in [0.2, 0.25) is 5.91 Å². The first-order valence-electron chi connectivity index (χ1n) is 14.0. The molecule has 0 N–H and O–H groups in total. The summed E-state index contributed by atoms with van der Waals surface area (Å²) < 4.78 is 42.5. The smallest absolute Gasteiger partial charge is 0.219 e. The highest BCUT2D eigenvalue weighted by atomic mass is 32.2. The van der Waals surface area contributed by atoms with Gasteiger partial charge in [0.25, 0.3) is 0 Å². The fraction of sp³-hybridized carbons (Fsp3) is 0.533. The van der Waals surface area contributed by atoms with Crippen LogP contribution in [0.3, 0.4) is 0 Å². The van der Waals surface area contributed by atoms with Crippen LogP contribution in [-0.2, 0) is 21.1 Å². The maximum atomic E-state index is 14.3. The Morgan fingerprint density at radius 2 is 1.82 bits per heavy atom. The van der Waals surface area contributed by atoms with Crippen LogP contribution in [0, 0.1) is 24.6 Å².